The summed E-state index contributed by atoms with van der Waals surface area (Å²) in [5.41, 5.74) is -0.308. The lowest BCUT2D eigenvalue weighted by molar-refractivity contribution is -0.138. The highest BCUT2D eigenvalue weighted by Crippen LogP contribution is 2.38. The Labute approximate surface area is 111 Å². The van der Waals surface area contributed by atoms with E-state index < -0.39 is 23.0 Å². The maximum absolute atomic E-state index is 12.9. The van der Waals surface area contributed by atoms with E-state index in [9.17, 15) is 17.4 Å². The Morgan fingerprint density at radius 3 is 2.32 bits per heavy atom. The highest BCUT2D eigenvalue weighted by molar-refractivity contribution is 7.76. The van der Waals surface area contributed by atoms with Gasteiger partial charge in [-0.3, -0.25) is 4.55 Å². The minimum Gasteiger partial charge on any atom is -0.294 e. The van der Waals surface area contributed by atoms with E-state index in [-0.39, 0.29) is 5.92 Å². The lowest BCUT2D eigenvalue weighted by atomic mass is 9.87. The Morgan fingerprint density at radius 2 is 1.79 bits per heavy atom. The number of nitrogens with zero attached hydrogens (tertiary/aromatic N) is 1. The number of alkyl halides is 3. The number of benzene rings is 1. The second kappa shape index (κ2) is 5.60. The summed E-state index contributed by atoms with van der Waals surface area (Å²) in [5.74, 6) is -0.211. The normalized spacial score (nSPS) is 20.4. The van der Waals surface area contributed by atoms with Crippen LogP contribution in [0.15, 0.2) is 24.3 Å². The molecular formula is C12H14F3NO2S. The molecule has 0 bridgehead atoms. The smallest absolute Gasteiger partial charge is 0.294 e. The van der Waals surface area contributed by atoms with Gasteiger partial charge >= 0.3 is 6.18 Å². The largest absolute Gasteiger partial charge is 0.416 e. The summed E-state index contributed by atoms with van der Waals surface area (Å²) in [7, 11) is 0. The van der Waals surface area contributed by atoms with Gasteiger partial charge in [-0.2, -0.15) is 13.2 Å². The molecule has 1 unspecified atom stereocenters. The van der Waals surface area contributed by atoms with Crippen LogP contribution in [0.2, 0.25) is 0 Å². The molecule has 1 atom stereocenters. The van der Waals surface area contributed by atoms with Gasteiger partial charge in [-0.05, 0) is 30.4 Å². The molecular weight excluding hydrogens is 279 g/mol. The molecule has 3 nitrogen and oxygen atoms in total. The van der Waals surface area contributed by atoms with E-state index in [4.69, 9.17) is 4.55 Å². The third-order valence-electron chi connectivity index (χ3n) is 3.38. The first kappa shape index (κ1) is 14.5. The molecule has 2 rings (SSSR count). The summed E-state index contributed by atoms with van der Waals surface area (Å²) >= 11 is -2.03. The molecule has 1 N–H and O–H groups in total. The molecule has 1 heterocycles. The molecule has 0 aromatic heterocycles. The third kappa shape index (κ3) is 3.34. The molecule has 1 aliphatic rings. The van der Waals surface area contributed by atoms with Gasteiger partial charge < -0.3 is 0 Å². The van der Waals surface area contributed by atoms with E-state index in [1.807, 2.05) is 0 Å². The second-order valence-electron chi connectivity index (χ2n) is 4.52. The molecule has 0 spiro atoms. The van der Waals surface area contributed by atoms with Crippen LogP contribution in [0, 0.1) is 0 Å². The number of hydrogen-bond donors (Lipinski definition) is 1. The van der Waals surface area contributed by atoms with Gasteiger partial charge in [-0.1, -0.05) is 18.2 Å². The van der Waals surface area contributed by atoms with Crippen LogP contribution in [-0.4, -0.2) is 26.2 Å². The topological polar surface area (TPSA) is 40.5 Å². The number of halogens is 3. The van der Waals surface area contributed by atoms with Crippen molar-refractivity contribution < 1.29 is 21.9 Å². The first-order valence-corrected chi connectivity index (χ1v) is 6.98. The SMILES string of the molecule is O=S(O)N1CCC(c2ccccc2C(F)(F)F)CC1. The average molecular weight is 293 g/mol. The van der Waals surface area contributed by atoms with Crippen molar-refractivity contribution in [1.82, 2.24) is 4.31 Å². The minimum atomic E-state index is -4.35. The van der Waals surface area contributed by atoms with E-state index in [2.05, 4.69) is 0 Å². The van der Waals surface area contributed by atoms with Gasteiger partial charge in [0.15, 0.2) is 0 Å². The standard InChI is InChI=1S/C12H14F3NO2S/c13-12(14,15)11-4-2-1-3-10(11)9-5-7-16(8-6-9)19(17)18/h1-4,9H,5-8H2,(H,17,18). The van der Waals surface area contributed by atoms with Crippen LogP contribution in [0.3, 0.4) is 0 Å². The molecule has 0 amide bonds. The Hall–Kier alpha value is -0.920. The lowest BCUT2D eigenvalue weighted by Gasteiger charge is -2.30. The van der Waals surface area contributed by atoms with Crippen LogP contribution in [0.1, 0.15) is 29.9 Å². The van der Waals surface area contributed by atoms with E-state index >= 15 is 0 Å². The molecule has 1 fully saturated rings. The molecule has 1 saturated heterocycles. The van der Waals surface area contributed by atoms with E-state index in [1.165, 1.54) is 16.4 Å². The van der Waals surface area contributed by atoms with Crippen molar-refractivity contribution in [1.29, 1.82) is 0 Å². The second-order valence-corrected chi connectivity index (χ2v) is 5.50. The predicted octanol–water partition coefficient (Wildman–Crippen LogP) is 3.02. The maximum atomic E-state index is 12.9. The van der Waals surface area contributed by atoms with E-state index in [1.54, 1.807) is 6.07 Å². The number of piperidine rings is 1. The summed E-state index contributed by atoms with van der Waals surface area (Å²) in [6, 6.07) is 5.57. The van der Waals surface area contributed by atoms with Crippen LogP contribution in [0.4, 0.5) is 13.2 Å². The minimum absolute atomic E-state index is 0.211. The van der Waals surface area contributed by atoms with Crippen LogP contribution in [0.5, 0.6) is 0 Å². The molecule has 0 saturated carbocycles. The number of hydrogen-bond acceptors (Lipinski definition) is 1. The van der Waals surface area contributed by atoms with Gasteiger partial charge in [0.05, 0.1) is 5.56 Å². The zero-order valence-corrected chi connectivity index (χ0v) is 10.9. The van der Waals surface area contributed by atoms with Crippen molar-refractivity contribution in [2.75, 3.05) is 13.1 Å². The fourth-order valence-electron chi connectivity index (χ4n) is 2.43. The zero-order valence-electron chi connectivity index (χ0n) is 10.1. The Morgan fingerprint density at radius 1 is 1.21 bits per heavy atom. The van der Waals surface area contributed by atoms with Crippen molar-refractivity contribution in [2.45, 2.75) is 24.9 Å². The summed E-state index contributed by atoms with van der Waals surface area (Å²) in [4.78, 5) is 0. The van der Waals surface area contributed by atoms with Crippen LogP contribution >= 0.6 is 0 Å². The van der Waals surface area contributed by atoms with Crippen molar-refractivity contribution in [3.8, 4) is 0 Å². The van der Waals surface area contributed by atoms with Crippen LogP contribution in [-0.2, 0) is 17.4 Å². The van der Waals surface area contributed by atoms with E-state index in [0.717, 1.165) is 6.07 Å². The Kier molecular flexibility index (Phi) is 4.27. The summed E-state index contributed by atoms with van der Waals surface area (Å²) in [5, 5.41) is 0. The van der Waals surface area contributed by atoms with Gasteiger partial charge in [-0.25, -0.2) is 8.51 Å². The molecule has 19 heavy (non-hydrogen) atoms. The number of rotatable bonds is 2. The molecule has 106 valence electrons. The molecule has 1 aliphatic heterocycles. The molecule has 0 radical (unpaired) electrons. The highest BCUT2D eigenvalue weighted by Gasteiger charge is 2.35. The van der Waals surface area contributed by atoms with Crippen molar-refractivity contribution in [2.24, 2.45) is 0 Å². The average Bonchev–Trinajstić information content (AvgIpc) is 2.38. The monoisotopic (exact) mass is 293 g/mol. The molecule has 7 heteroatoms. The van der Waals surface area contributed by atoms with E-state index in [0.29, 0.717) is 31.5 Å². The zero-order chi connectivity index (χ0) is 14.0. The first-order valence-electron chi connectivity index (χ1n) is 5.91. The summed E-state index contributed by atoms with van der Waals surface area (Å²) < 4.78 is 59.9. The first-order chi connectivity index (χ1) is 8.89. The maximum Gasteiger partial charge on any atom is 0.416 e. The Balaban J connectivity index is 2.18. The summed E-state index contributed by atoms with van der Waals surface area (Å²) in [6.45, 7) is 0.667. The Bertz CT molecular complexity index is 470. The quantitative estimate of drug-likeness (QED) is 0.852. The molecule has 1 aromatic carbocycles. The van der Waals surface area contributed by atoms with Gasteiger partial charge in [-0.15, -0.1) is 0 Å². The van der Waals surface area contributed by atoms with Crippen LogP contribution in [0.25, 0.3) is 0 Å². The van der Waals surface area contributed by atoms with Gasteiger partial charge in [0.1, 0.15) is 0 Å². The predicted molar refractivity (Wildman–Crippen MR) is 65.8 cm³/mol. The van der Waals surface area contributed by atoms with Crippen molar-refractivity contribution in [3.63, 3.8) is 0 Å². The third-order valence-corrected chi connectivity index (χ3v) is 4.19. The van der Waals surface area contributed by atoms with Crippen molar-refractivity contribution in [3.05, 3.63) is 35.4 Å². The fourth-order valence-corrected chi connectivity index (χ4v) is 2.96. The fraction of sp³-hybridized carbons (Fsp3) is 0.500. The van der Waals surface area contributed by atoms with Gasteiger partial charge in [0, 0.05) is 13.1 Å². The molecule has 0 aliphatic carbocycles. The lowest BCUT2D eigenvalue weighted by Crippen LogP contribution is -2.34. The highest BCUT2D eigenvalue weighted by atomic mass is 32.2. The van der Waals surface area contributed by atoms with Crippen LogP contribution < -0.4 is 0 Å². The van der Waals surface area contributed by atoms with Crippen molar-refractivity contribution >= 4 is 11.3 Å². The van der Waals surface area contributed by atoms with Gasteiger partial charge in [0.2, 0.25) is 11.3 Å². The summed E-state index contributed by atoms with van der Waals surface area (Å²) in [6.07, 6.45) is -3.44. The van der Waals surface area contributed by atoms with Gasteiger partial charge in [0.25, 0.3) is 0 Å². The molecule has 1 aromatic rings.